The molecule has 4 amide bonds. The van der Waals surface area contributed by atoms with Gasteiger partial charge < -0.3 is 19.9 Å². The highest BCUT2D eigenvalue weighted by molar-refractivity contribution is 6.30. The highest BCUT2D eigenvalue weighted by atomic mass is 35.5. The molecule has 0 radical (unpaired) electrons. The van der Waals surface area contributed by atoms with Gasteiger partial charge in [-0.15, -0.1) is 0 Å². The van der Waals surface area contributed by atoms with E-state index in [9.17, 15) is 19.2 Å². The van der Waals surface area contributed by atoms with E-state index in [2.05, 4.69) is 5.32 Å². The largest absolute Gasteiger partial charge is 0.466 e. The molecule has 0 unspecified atom stereocenters. The van der Waals surface area contributed by atoms with Gasteiger partial charge in [0.25, 0.3) is 5.91 Å². The molecule has 0 saturated carbocycles. The summed E-state index contributed by atoms with van der Waals surface area (Å²) in [6.07, 6.45) is 1.10. The van der Waals surface area contributed by atoms with Crippen LogP contribution in [0.2, 0.25) is 5.02 Å². The highest BCUT2D eigenvalue weighted by Gasteiger charge is 2.44. The van der Waals surface area contributed by atoms with Crippen molar-refractivity contribution < 1.29 is 23.9 Å². The lowest BCUT2D eigenvalue weighted by Crippen LogP contribution is -2.47. The molecule has 1 saturated heterocycles. The van der Waals surface area contributed by atoms with E-state index in [1.807, 2.05) is 6.92 Å². The Morgan fingerprint density at radius 1 is 1.12 bits per heavy atom. The average molecular weight is 489 g/mol. The first-order valence-electron chi connectivity index (χ1n) is 11.6. The molecule has 9 nitrogen and oxygen atoms in total. The number of hydrogen-bond donors (Lipinski definition) is 1. The zero-order valence-corrected chi connectivity index (χ0v) is 20.1. The molecule has 1 atom stereocenters. The van der Waals surface area contributed by atoms with Crippen LogP contribution in [0.25, 0.3) is 0 Å². The molecule has 1 aromatic rings. The van der Waals surface area contributed by atoms with Crippen LogP contribution in [-0.2, 0) is 19.1 Å². The molecule has 182 valence electrons. The summed E-state index contributed by atoms with van der Waals surface area (Å²) in [7, 11) is 0. The van der Waals surface area contributed by atoms with Crippen LogP contribution >= 0.6 is 11.6 Å². The Balaban J connectivity index is 1.46. The standard InChI is InChI=1S/C24H29ClN4O5/c1-3-29-18-13-28(14-19(30)27-11-9-16(10-12-27)23(32)34-4-2)22(31)20(18)21(26-24(29)33)15-5-7-17(25)8-6-15/h5-8,16,21H,3-4,9-14H2,1-2H3,(H,26,33)/t21-/m1/s1. The molecule has 1 fully saturated rings. The highest BCUT2D eigenvalue weighted by Crippen LogP contribution is 2.36. The van der Waals surface area contributed by atoms with Crippen molar-refractivity contribution in [3.63, 3.8) is 0 Å². The van der Waals surface area contributed by atoms with Gasteiger partial charge in [-0.3, -0.25) is 19.3 Å². The van der Waals surface area contributed by atoms with Crippen LogP contribution in [-0.4, -0.2) is 77.8 Å². The Morgan fingerprint density at radius 2 is 1.79 bits per heavy atom. The van der Waals surface area contributed by atoms with E-state index < -0.39 is 6.04 Å². The van der Waals surface area contributed by atoms with Crippen molar-refractivity contribution >= 4 is 35.4 Å². The Kier molecular flexibility index (Phi) is 7.11. The van der Waals surface area contributed by atoms with Crippen LogP contribution in [0.3, 0.4) is 0 Å². The number of nitrogens with zero attached hydrogens (tertiary/aromatic N) is 3. The molecule has 4 rings (SSSR count). The maximum atomic E-state index is 13.4. The maximum Gasteiger partial charge on any atom is 0.322 e. The molecule has 3 aliphatic rings. The van der Waals surface area contributed by atoms with Gasteiger partial charge in [-0.1, -0.05) is 23.7 Å². The maximum absolute atomic E-state index is 13.4. The number of hydrogen-bond acceptors (Lipinski definition) is 5. The number of carbonyl (C=O) groups is 4. The van der Waals surface area contributed by atoms with E-state index in [1.165, 1.54) is 4.90 Å². The zero-order chi connectivity index (χ0) is 24.4. The SMILES string of the molecule is CCOC(=O)C1CCN(C(=O)CN2CC3=C(C2=O)[C@@H](c2ccc(Cl)cc2)NC(=O)N3CC)CC1. The Hall–Kier alpha value is -3.07. The fourth-order valence-corrected chi connectivity index (χ4v) is 4.93. The van der Waals surface area contributed by atoms with Crippen LogP contribution in [0.15, 0.2) is 35.5 Å². The Morgan fingerprint density at radius 3 is 2.41 bits per heavy atom. The number of amides is 4. The van der Waals surface area contributed by atoms with Crippen LogP contribution in [0, 0.1) is 5.92 Å². The van der Waals surface area contributed by atoms with Gasteiger partial charge in [0.15, 0.2) is 0 Å². The van der Waals surface area contributed by atoms with Gasteiger partial charge >= 0.3 is 12.0 Å². The third kappa shape index (κ3) is 4.61. The molecule has 0 aliphatic carbocycles. The fraction of sp³-hybridized carbons (Fsp3) is 0.500. The second-order valence-corrected chi connectivity index (χ2v) is 9.04. The number of ether oxygens (including phenoxy) is 1. The number of likely N-dealkylation sites (N-methyl/N-ethyl adjacent to an activating group) is 1. The smallest absolute Gasteiger partial charge is 0.322 e. The molecular formula is C24H29ClN4O5. The summed E-state index contributed by atoms with van der Waals surface area (Å²) in [5.41, 5.74) is 1.87. The predicted molar refractivity (Wildman–Crippen MR) is 125 cm³/mol. The Labute approximate surface area is 203 Å². The molecular weight excluding hydrogens is 460 g/mol. The monoisotopic (exact) mass is 488 g/mol. The van der Waals surface area contributed by atoms with E-state index in [0.29, 0.717) is 55.4 Å². The molecule has 3 aliphatic heterocycles. The number of halogens is 1. The summed E-state index contributed by atoms with van der Waals surface area (Å²) < 4.78 is 5.09. The normalized spacial score (nSPS) is 21.0. The van der Waals surface area contributed by atoms with Crippen molar-refractivity contribution in [2.75, 3.05) is 39.3 Å². The number of urea groups is 1. The lowest BCUT2D eigenvalue weighted by molar-refractivity contribution is -0.151. The summed E-state index contributed by atoms with van der Waals surface area (Å²) in [6.45, 7) is 5.40. The van der Waals surface area contributed by atoms with Gasteiger partial charge in [0.05, 0.1) is 36.4 Å². The fourth-order valence-electron chi connectivity index (χ4n) is 4.80. The van der Waals surface area contributed by atoms with Gasteiger partial charge in [0.1, 0.15) is 6.54 Å². The summed E-state index contributed by atoms with van der Waals surface area (Å²) in [4.78, 5) is 55.9. The van der Waals surface area contributed by atoms with Crippen LogP contribution < -0.4 is 5.32 Å². The third-order valence-corrected chi connectivity index (χ3v) is 6.86. The predicted octanol–water partition coefficient (Wildman–Crippen LogP) is 2.32. The van der Waals surface area contributed by atoms with Crippen LogP contribution in [0.1, 0.15) is 38.3 Å². The molecule has 10 heteroatoms. The van der Waals surface area contributed by atoms with Gasteiger partial charge in [-0.05, 0) is 44.4 Å². The third-order valence-electron chi connectivity index (χ3n) is 6.61. The minimum Gasteiger partial charge on any atom is -0.466 e. The molecule has 0 aromatic heterocycles. The van der Waals surface area contributed by atoms with Crippen molar-refractivity contribution in [2.45, 2.75) is 32.7 Å². The van der Waals surface area contributed by atoms with Crippen molar-refractivity contribution in [3.8, 4) is 0 Å². The number of carbonyl (C=O) groups excluding carboxylic acids is 4. The van der Waals surface area contributed by atoms with Crippen molar-refractivity contribution in [1.29, 1.82) is 0 Å². The molecule has 0 bridgehead atoms. The van der Waals surface area contributed by atoms with Crippen LogP contribution in [0.5, 0.6) is 0 Å². The quantitative estimate of drug-likeness (QED) is 0.619. The minimum absolute atomic E-state index is 0.0744. The molecule has 1 N–H and O–H groups in total. The number of nitrogens with one attached hydrogen (secondary N) is 1. The van der Waals surface area contributed by atoms with Crippen molar-refractivity contribution in [1.82, 2.24) is 20.0 Å². The van der Waals surface area contributed by atoms with Crippen molar-refractivity contribution in [2.24, 2.45) is 5.92 Å². The number of esters is 1. The van der Waals surface area contributed by atoms with E-state index in [1.54, 1.807) is 41.0 Å². The lowest BCUT2D eigenvalue weighted by atomic mass is 9.95. The van der Waals surface area contributed by atoms with Crippen molar-refractivity contribution in [3.05, 3.63) is 46.1 Å². The molecule has 3 heterocycles. The number of benzene rings is 1. The summed E-state index contributed by atoms with van der Waals surface area (Å²) in [6, 6.07) is 6.13. The second-order valence-electron chi connectivity index (χ2n) is 8.61. The van der Waals surface area contributed by atoms with Gasteiger partial charge in [0, 0.05) is 24.7 Å². The second kappa shape index (κ2) is 10.0. The summed E-state index contributed by atoms with van der Waals surface area (Å²) in [5, 5.41) is 3.48. The Bertz CT molecular complexity index is 1020. The number of rotatable bonds is 6. The summed E-state index contributed by atoms with van der Waals surface area (Å²) >= 11 is 6.01. The average Bonchev–Trinajstić information content (AvgIpc) is 3.15. The first-order chi connectivity index (χ1) is 16.3. The van der Waals surface area contributed by atoms with E-state index in [4.69, 9.17) is 16.3 Å². The first-order valence-corrected chi connectivity index (χ1v) is 12.0. The van der Waals surface area contributed by atoms with Gasteiger partial charge in [0.2, 0.25) is 5.91 Å². The molecule has 0 spiro atoms. The van der Waals surface area contributed by atoms with E-state index >= 15 is 0 Å². The lowest BCUT2D eigenvalue weighted by Gasteiger charge is -2.33. The molecule has 1 aromatic carbocycles. The van der Waals surface area contributed by atoms with Crippen LogP contribution in [0.4, 0.5) is 4.79 Å². The number of piperidine rings is 1. The van der Waals surface area contributed by atoms with E-state index in [0.717, 1.165) is 5.56 Å². The number of likely N-dealkylation sites (tertiary alicyclic amines) is 1. The van der Waals surface area contributed by atoms with E-state index in [-0.39, 0.29) is 42.8 Å². The first kappa shape index (κ1) is 24.1. The minimum atomic E-state index is -0.601. The van der Waals surface area contributed by atoms with Gasteiger partial charge in [-0.2, -0.15) is 0 Å². The van der Waals surface area contributed by atoms with Gasteiger partial charge in [-0.25, -0.2) is 4.79 Å². The molecule has 34 heavy (non-hydrogen) atoms. The summed E-state index contributed by atoms with van der Waals surface area (Å²) in [5.74, 6) is -0.836. The zero-order valence-electron chi connectivity index (χ0n) is 19.4. The topological polar surface area (TPSA) is 99.3 Å².